The summed E-state index contributed by atoms with van der Waals surface area (Å²) in [7, 11) is 0. The van der Waals surface area contributed by atoms with E-state index in [9.17, 15) is 31.7 Å². The quantitative estimate of drug-likeness (QED) is 0.336. The standard InChI is InChI=1S/C17H12F5NO4/c18-16(19,17(20,15(25)26)23(21)22)13-9-5-4-8-12(13)14(24)27-10-11-6-2-1-3-7-11/h1-9H,10H2,(H,25,26)/t17-/m0/s1. The molecular formula is C17H12F5NO4. The van der Waals surface area contributed by atoms with Gasteiger partial charge in [0.2, 0.25) is 0 Å². The van der Waals surface area contributed by atoms with Crippen molar-refractivity contribution < 1.29 is 41.6 Å². The maximum atomic E-state index is 14.4. The number of esters is 1. The Morgan fingerprint density at radius 3 is 2.07 bits per heavy atom. The Morgan fingerprint density at radius 1 is 0.963 bits per heavy atom. The first-order valence-electron chi connectivity index (χ1n) is 7.34. The zero-order valence-electron chi connectivity index (χ0n) is 13.4. The summed E-state index contributed by atoms with van der Waals surface area (Å²) < 4.78 is 73.1. The van der Waals surface area contributed by atoms with E-state index in [0.717, 1.165) is 18.2 Å². The van der Waals surface area contributed by atoms with Crippen LogP contribution in [0.25, 0.3) is 0 Å². The highest BCUT2D eigenvalue weighted by Crippen LogP contribution is 2.46. The Balaban J connectivity index is 2.39. The number of nitrogens with zero attached hydrogens (tertiary/aromatic N) is 1. The summed E-state index contributed by atoms with van der Waals surface area (Å²) in [6.45, 7) is -0.322. The van der Waals surface area contributed by atoms with Crippen LogP contribution in [0.4, 0.5) is 22.1 Å². The first-order chi connectivity index (χ1) is 12.6. The molecule has 27 heavy (non-hydrogen) atoms. The van der Waals surface area contributed by atoms with Gasteiger partial charge < -0.3 is 9.84 Å². The fourth-order valence-electron chi connectivity index (χ4n) is 2.23. The molecule has 0 radical (unpaired) electrons. The third-order valence-electron chi connectivity index (χ3n) is 3.63. The van der Waals surface area contributed by atoms with E-state index >= 15 is 0 Å². The number of rotatable bonds is 7. The lowest BCUT2D eigenvalue weighted by Crippen LogP contribution is -2.56. The third kappa shape index (κ3) is 3.75. The molecule has 144 valence electrons. The minimum atomic E-state index is -5.39. The number of carboxylic acids is 1. The second-order valence-electron chi connectivity index (χ2n) is 5.34. The number of benzene rings is 2. The van der Waals surface area contributed by atoms with Gasteiger partial charge in [-0.15, -0.1) is 0 Å². The van der Waals surface area contributed by atoms with Crippen molar-refractivity contribution in [3.63, 3.8) is 0 Å². The number of hydrogen-bond acceptors (Lipinski definition) is 4. The van der Waals surface area contributed by atoms with E-state index in [-0.39, 0.29) is 6.61 Å². The lowest BCUT2D eigenvalue weighted by molar-refractivity contribution is -0.340. The topological polar surface area (TPSA) is 66.8 Å². The minimum absolute atomic E-state index is 0.322. The van der Waals surface area contributed by atoms with Crippen LogP contribution in [0.1, 0.15) is 21.5 Å². The molecule has 2 aromatic carbocycles. The summed E-state index contributed by atoms with van der Waals surface area (Å²) in [5.74, 6) is -15.1. The molecule has 1 N–H and O–H groups in total. The largest absolute Gasteiger partial charge is 0.478 e. The molecule has 0 aliphatic rings. The average molecular weight is 389 g/mol. The molecule has 0 bridgehead atoms. The molecule has 0 spiro atoms. The van der Waals surface area contributed by atoms with Crippen LogP contribution in [-0.2, 0) is 22.1 Å². The van der Waals surface area contributed by atoms with E-state index in [0.29, 0.717) is 11.6 Å². The lowest BCUT2D eigenvalue weighted by atomic mass is 9.94. The summed E-state index contributed by atoms with van der Waals surface area (Å²) in [6, 6.07) is 11.4. The van der Waals surface area contributed by atoms with Gasteiger partial charge in [-0.1, -0.05) is 57.5 Å². The fourth-order valence-corrected chi connectivity index (χ4v) is 2.23. The van der Waals surface area contributed by atoms with Crippen LogP contribution in [-0.4, -0.2) is 28.2 Å². The van der Waals surface area contributed by atoms with Crippen molar-refractivity contribution in [3.05, 3.63) is 71.3 Å². The molecular weight excluding hydrogens is 377 g/mol. The second kappa shape index (κ2) is 7.70. The molecule has 2 rings (SSSR count). The van der Waals surface area contributed by atoms with Gasteiger partial charge in [-0.2, -0.15) is 8.78 Å². The predicted molar refractivity (Wildman–Crippen MR) is 81.4 cm³/mol. The summed E-state index contributed by atoms with van der Waals surface area (Å²) in [5.41, 5.74) is -1.98. The molecule has 1 atom stereocenters. The molecule has 0 fully saturated rings. The minimum Gasteiger partial charge on any atom is -0.478 e. The van der Waals surface area contributed by atoms with E-state index in [1.165, 1.54) is 0 Å². The molecule has 0 aliphatic carbocycles. The van der Waals surface area contributed by atoms with Crippen molar-refractivity contribution in [2.24, 2.45) is 0 Å². The zero-order chi connectivity index (χ0) is 20.2. The average Bonchev–Trinajstić information content (AvgIpc) is 2.65. The molecule has 0 amide bonds. The molecule has 2 aromatic rings. The van der Waals surface area contributed by atoms with Crippen LogP contribution >= 0.6 is 0 Å². The van der Waals surface area contributed by atoms with E-state index in [1.807, 2.05) is 0 Å². The number of aliphatic carboxylic acids is 1. The number of carbonyl (C=O) groups is 2. The number of ether oxygens (including phenoxy) is 1. The van der Waals surface area contributed by atoms with Crippen LogP contribution in [0.3, 0.4) is 0 Å². The molecule has 0 aromatic heterocycles. The van der Waals surface area contributed by atoms with Gasteiger partial charge in [0.25, 0.3) is 0 Å². The Kier molecular flexibility index (Phi) is 5.79. The highest BCUT2D eigenvalue weighted by Gasteiger charge is 2.69. The zero-order valence-corrected chi connectivity index (χ0v) is 13.4. The van der Waals surface area contributed by atoms with Crippen molar-refractivity contribution in [2.75, 3.05) is 0 Å². The van der Waals surface area contributed by atoms with Gasteiger partial charge in [-0.05, 0) is 11.6 Å². The molecule has 0 aliphatic heterocycles. The normalized spacial score (nSPS) is 13.9. The molecule has 5 nitrogen and oxygen atoms in total. The van der Waals surface area contributed by atoms with Crippen LogP contribution in [0.5, 0.6) is 0 Å². The first-order valence-corrected chi connectivity index (χ1v) is 7.34. The number of carboxylic acid groups (broad SMARTS) is 1. The van der Waals surface area contributed by atoms with Crippen molar-refractivity contribution in [1.29, 1.82) is 0 Å². The van der Waals surface area contributed by atoms with Crippen LogP contribution in [0, 0.1) is 0 Å². The highest BCUT2D eigenvalue weighted by atomic mass is 19.4. The highest BCUT2D eigenvalue weighted by molar-refractivity contribution is 5.92. The maximum absolute atomic E-state index is 14.4. The molecule has 10 heteroatoms. The van der Waals surface area contributed by atoms with Gasteiger partial charge in [0.15, 0.2) is 0 Å². The van der Waals surface area contributed by atoms with Crippen molar-refractivity contribution >= 4 is 11.9 Å². The van der Waals surface area contributed by atoms with Gasteiger partial charge in [0.05, 0.1) is 10.9 Å². The second-order valence-corrected chi connectivity index (χ2v) is 5.34. The smallest absolute Gasteiger partial charge is 0.382 e. The monoisotopic (exact) mass is 389 g/mol. The van der Waals surface area contributed by atoms with Crippen molar-refractivity contribution in [1.82, 2.24) is 5.34 Å². The first kappa shape index (κ1) is 20.3. The maximum Gasteiger partial charge on any atom is 0.382 e. The summed E-state index contributed by atoms with van der Waals surface area (Å²) in [6.07, 6.45) is 0. The summed E-state index contributed by atoms with van der Waals surface area (Å²) in [5, 5.41) is 5.84. The molecule has 0 saturated heterocycles. The van der Waals surface area contributed by atoms with Crippen molar-refractivity contribution in [3.8, 4) is 0 Å². The van der Waals surface area contributed by atoms with Crippen LogP contribution < -0.4 is 0 Å². The SMILES string of the molecule is O=C(OCc1ccccc1)c1ccccc1C(F)(F)[C@](F)(C(=O)O)N(F)F. The van der Waals surface area contributed by atoms with E-state index in [2.05, 4.69) is 0 Å². The predicted octanol–water partition coefficient (Wildman–Crippen LogP) is 3.96. The summed E-state index contributed by atoms with van der Waals surface area (Å²) >= 11 is 0. The molecule has 0 unspecified atom stereocenters. The van der Waals surface area contributed by atoms with Crippen LogP contribution in [0.2, 0.25) is 0 Å². The Bertz CT molecular complexity index is 831. The Hall–Kier alpha value is -3.01. The number of carbonyl (C=O) groups excluding carboxylic acids is 1. The third-order valence-corrected chi connectivity index (χ3v) is 3.63. The van der Waals surface area contributed by atoms with Gasteiger partial charge in [-0.25, -0.2) is 14.0 Å². The van der Waals surface area contributed by atoms with Gasteiger partial charge >= 0.3 is 23.7 Å². The van der Waals surface area contributed by atoms with E-state index < -0.39 is 40.1 Å². The van der Waals surface area contributed by atoms with Gasteiger partial charge in [-0.3, -0.25) is 0 Å². The summed E-state index contributed by atoms with van der Waals surface area (Å²) in [4.78, 5) is 22.9. The van der Waals surface area contributed by atoms with Gasteiger partial charge in [0, 0.05) is 5.56 Å². The van der Waals surface area contributed by atoms with Crippen molar-refractivity contribution in [2.45, 2.75) is 18.3 Å². The lowest BCUT2D eigenvalue weighted by Gasteiger charge is -2.30. The van der Waals surface area contributed by atoms with E-state index in [4.69, 9.17) is 9.84 Å². The Morgan fingerprint density at radius 2 is 1.52 bits per heavy atom. The molecule has 0 heterocycles. The van der Waals surface area contributed by atoms with Gasteiger partial charge in [0.1, 0.15) is 6.61 Å². The van der Waals surface area contributed by atoms with Crippen LogP contribution in [0.15, 0.2) is 54.6 Å². The fraction of sp³-hybridized carbons (Fsp3) is 0.176. The Labute approximate surface area is 149 Å². The number of hydrogen-bond donors (Lipinski definition) is 1. The molecule has 0 saturated carbocycles. The number of alkyl halides is 3. The van der Waals surface area contributed by atoms with E-state index in [1.54, 1.807) is 30.3 Å². The number of halogens is 5.